The summed E-state index contributed by atoms with van der Waals surface area (Å²) in [5.41, 5.74) is 7.15. The Morgan fingerprint density at radius 1 is 1.44 bits per heavy atom. The molecule has 0 saturated carbocycles. The molecule has 0 radical (unpaired) electrons. The lowest BCUT2D eigenvalue weighted by atomic mass is 10.1. The van der Waals surface area contributed by atoms with Gasteiger partial charge >= 0.3 is 0 Å². The fourth-order valence-corrected chi connectivity index (χ4v) is 2.28. The third kappa shape index (κ3) is 2.26. The highest BCUT2D eigenvalue weighted by molar-refractivity contribution is 7.80. The van der Waals surface area contributed by atoms with Gasteiger partial charge in [-0.15, -0.1) is 0 Å². The summed E-state index contributed by atoms with van der Waals surface area (Å²) in [4.78, 5) is 25.1. The van der Waals surface area contributed by atoms with E-state index in [1.807, 2.05) is 18.2 Å². The van der Waals surface area contributed by atoms with E-state index >= 15 is 0 Å². The maximum atomic E-state index is 11.8. The van der Waals surface area contributed by atoms with Gasteiger partial charge in [0, 0.05) is 17.9 Å². The smallest absolute Gasteiger partial charge is 0.232 e. The molecule has 1 fully saturated rings. The second-order valence-electron chi connectivity index (χ2n) is 4.44. The molecule has 2 amide bonds. The summed E-state index contributed by atoms with van der Waals surface area (Å²) in [5, 5.41) is 0. The summed E-state index contributed by atoms with van der Waals surface area (Å²) < 4.78 is 0. The number of amides is 2. The van der Waals surface area contributed by atoms with E-state index in [2.05, 4.69) is 0 Å². The molecule has 18 heavy (non-hydrogen) atoms. The van der Waals surface area contributed by atoms with Gasteiger partial charge in [0.15, 0.2) is 0 Å². The van der Waals surface area contributed by atoms with Crippen molar-refractivity contribution in [1.29, 1.82) is 0 Å². The minimum Gasteiger partial charge on any atom is -0.389 e. The van der Waals surface area contributed by atoms with Gasteiger partial charge in [0.25, 0.3) is 0 Å². The van der Waals surface area contributed by atoms with Crippen LogP contribution in [0.15, 0.2) is 24.3 Å². The molecule has 0 bridgehead atoms. The normalized spacial score (nSPS) is 19.4. The van der Waals surface area contributed by atoms with Crippen molar-refractivity contribution >= 4 is 29.0 Å². The van der Waals surface area contributed by atoms with Crippen LogP contribution in [0.4, 0.5) is 0 Å². The second kappa shape index (κ2) is 4.86. The van der Waals surface area contributed by atoms with Crippen molar-refractivity contribution in [3.05, 3.63) is 35.4 Å². The molecule has 0 aliphatic carbocycles. The van der Waals surface area contributed by atoms with Crippen LogP contribution in [0.2, 0.25) is 0 Å². The van der Waals surface area contributed by atoms with Gasteiger partial charge in [-0.2, -0.15) is 0 Å². The van der Waals surface area contributed by atoms with E-state index in [0.717, 1.165) is 5.56 Å². The highest BCUT2D eigenvalue weighted by atomic mass is 32.1. The zero-order valence-corrected chi connectivity index (χ0v) is 10.9. The molecule has 1 aliphatic rings. The molecule has 1 saturated heterocycles. The average molecular weight is 262 g/mol. The Bertz CT molecular complexity index is 527. The first-order valence-electron chi connectivity index (χ1n) is 5.72. The first-order chi connectivity index (χ1) is 8.50. The lowest BCUT2D eigenvalue weighted by molar-refractivity contribution is -0.139. The minimum absolute atomic E-state index is 0.127. The number of rotatable bonds is 3. The van der Waals surface area contributed by atoms with Gasteiger partial charge in [-0.05, 0) is 5.56 Å². The molecule has 1 unspecified atom stereocenters. The van der Waals surface area contributed by atoms with Crippen molar-refractivity contribution in [2.24, 2.45) is 11.7 Å². The van der Waals surface area contributed by atoms with Crippen LogP contribution in [0.1, 0.15) is 24.5 Å². The number of hydrogen-bond acceptors (Lipinski definition) is 3. The molecule has 1 aromatic rings. The van der Waals surface area contributed by atoms with Gasteiger partial charge in [0.05, 0.1) is 6.54 Å². The van der Waals surface area contributed by atoms with Crippen molar-refractivity contribution in [3.63, 3.8) is 0 Å². The highest BCUT2D eigenvalue weighted by Crippen LogP contribution is 2.22. The lowest BCUT2D eigenvalue weighted by Gasteiger charge is -2.16. The summed E-state index contributed by atoms with van der Waals surface area (Å²) >= 11 is 4.96. The van der Waals surface area contributed by atoms with Crippen LogP contribution in [0.3, 0.4) is 0 Å². The summed E-state index contributed by atoms with van der Waals surface area (Å²) in [7, 11) is 0. The Morgan fingerprint density at radius 2 is 2.11 bits per heavy atom. The van der Waals surface area contributed by atoms with Crippen LogP contribution >= 0.6 is 12.2 Å². The number of carbonyl (C=O) groups excluding carboxylic acids is 2. The number of thiocarbonyl (C=S) groups is 1. The van der Waals surface area contributed by atoms with E-state index in [0.29, 0.717) is 5.56 Å². The van der Waals surface area contributed by atoms with Gasteiger partial charge in [0.2, 0.25) is 11.8 Å². The molecule has 2 rings (SSSR count). The van der Waals surface area contributed by atoms with E-state index in [1.165, 1.54) is 4.90 Å². The van der Waals surface area contributed by atoms with Crippen LogP contribution < -0.4 is 5.73 Å². The number of carbonyl (C=O) groups is 2. The molecule has 0 spiro atoms. The Hall–Kier alpha value is -1.75. The number of imide groups is 1. The number of benzene rings is 1. The van der Waals surface area contributed by atoms with E-state index in [1.54, 1.807) is 13.0 Å². The Kier molecular flexibility index (Phi) is 3.43. The molecular weight excluding hydrogens is 248 g/mol. The molecule has 0 aromatic heterocycles. The van der Waals surface area contributed by atoms with Gasteiger partial charge in [0.1, 0.15) is 4.99 Å². The standard InChI is InChI=1S/C13H14N2O2S/c1-8-6-11(16)15(13(8)17)7-9-4-2-3-5-10(9)12(14)18/h2-5,8H,6-7H2,1H3,(H2,14,18). The molecule has 4 nitrogen and oxygen atoms in total. The molecule has 94 valence electrons. The van der Waals surface area contributed by atoms with Crippen molar-refractivity contribution in [2.75, 3.05) is 0 Å². The minimum atomic E-state index is -0.227. The van der Waals surface area contributed by atoms with Crippen LogP contribution in [-0.4, -0.2) is 21.7 Å². The fourth-order valence-electron chi connectivity index (χ4n) is 2.08. The second-order valence-corrected chi connectivity index (χ2v) is 4.88. The van der Waals surface area contributed by atoms with E-state index in [4.69, 9.17) is 18.0 Å². The SMILES string of the molecule is CC1CC(=O)N(Cc2ccccc2C(N)=S)C1=O. The monoisotopic (exact) mass is 262 g/mol. The number of hydrogen-bond donors (Lipinski definition) is 1. The predicted molar refractivity (Wildman–Crippen MR) is 71.7 cm³/mol. The van der Waals surface area contributed by atoms with E-state index in [-0.39, 0.29) is 35.7 Å². The van der Waals surface area contributed by atoms with Crippen LogP contribution in [0.5, 0.6) is 0 Å². The summed E-state index contributed by atoms with van der Waals surface area (Å²) in [5.74, 6) is -0.488. The molecule has 2 N–H and O–H groups in total. The van der Waals surface area contributed by atoms with Crippen LogP contribution in [0.25, 0.3) is 0 Å². The topological polar surface area (TPSA) is 63.4 Å². The zero-order chi connectivity index (χ0) is 13.3. The Morgan fingerprint density at radius 3 is 2.67 bits per heavy atom. The molecule has 1 heterocycles. The fraction of sp³-hybridized carbons (Fsp3) is 0.308. The lowest BCUT2D eigenvalue weighted by Crippen LogP contribution is -2.30. The molecule has 1 atom stereocenters. The predicted octanol–water partition coefficient (Wildman–Crippen LogP) is 1.22. The average Bonchev–Trinajstić information content (AvgIpc) is 2.56. The summed E-state index contributed by atoms with van der Waals surface area (Å²) in [6.45, 7) is 2.01. The molecular formula is C13H14N2O2S. The largest absolute Gasteiger partial charge is 0.389 e. The molecule has 5 heteroatoms. The van der Waals surface area contributed by atoms with E-state index in [9.17, 15) is 9.59 Å². The van der Waals surface area contributed by atoms with Gasteiger partial charge < -0.3 is 5.73 Å². The third-order valence-corrected chi connectivity index (χ3v) is 3.30. The number of likely N-dealkylation sites (tertiary alicyclic amines) is 1. The van der Waals surface area contributed by atoms with Crippen LogP contribution in [0, 0.1) is 5.92 Å². The highest BCUT2D eigenvalue weighted by Gasteiger charge is 2.35. The Balaban J connectivity index is 2.27. The third-order valence-electron chi connectivity index (χ3n) is 3.08. The van der Waals surface area contributed by atoms with Gasteiger partial charge in [-0.3, -0.25) is 14.5 Å². The summed E-state index contributed by atoms with van der Waals surface area (Å²) in [6.07, 6.45) is 0.286. The van der Waals surface area contributed by atoms with Gasteiger partial charge in [-0.25, -0.2) is 0 Å². The summed E-state index contributed by atoms with van der Waals surface area (Å²) in [6, 6.07) is 7.30. The van der Waals surface area contributed by atoms with Gasteiger partial charge in [-0.1, -0.05) is 43.4 Å². The number of nitrogens with two attached hydrogens (primary N) is 1. The van der Waals surface area contributed by atoms with Crippen LogP contribution in [-0.2, 0) is 16.1 Å². The first-order valence-corrected chi connectivity index (χ1v) is 6.13. The van der Waals surface area contributed by atoms with Crippen molar-refractivity contribution < 1.29 is 9.59 Å². The maximum Gasteiger partial charge on any atom is 0.232 e. The maximum absolute atomic E-state index is 11.8. The molecule has 1 aliphatic heterocycles. The molecule has 1 aromatic carbocycles. The van der Waals surface area contributed by atoms with E-state index < -0.39 is 0 Å². The Labute approximate surface area is 111 Å². The zero-order valence-electron chi connectivity index (χ0n) is 10.1. The quantitative estimate of drug-likeness (QED) is 0.657. The van der Waals surface area contributed by atoms with Crippen molar-refractivity contribution in [1.82, 2.24) is 4.90 Å². The van der Waals surface area contributed by atoms with Crippen molar-refractivity contribution in [3.8, 4) is 0 Å². The number of nitrogens with zero attached hydrogens (tertiary/aromatic N) is 1. The van der Waals surface area contributed by atoms with Crippen molar-refractivity contribution in [2.45, 2.75) is 19.9 Å². The first kappa shape index (κ1) is 12.7.